The average molecular weight is 200 g/mol. The quantitative estimate of drug-likeness (QED) is 0.797. The Bertz CT molecular complexity index is 437. The van der Waals surface area contributed by atoms with Crippen molar-refractivity contribution in [2.45, 2.75) is 6.42 Å². The molecule has 0 aliphatic rings. The zero-order valence-electron chi connectivity index (χ0n) is 7.84. The maximum atomic E-state index is 10.6. The molecule has 0 aliphatic heterocycles. The van der Waals surface area contributed by atoms with E-state index in [0.717, 1.165) is 5.56 Å². The van der Waals surface area contributed by atoms with E-state index in [0.29, 0.717) is 5.56 Å². The number of aliphatic carboxylic acids is 1. The second-order valence-corrected chi connectivity index (χ2v) is 3.03. The summed E-state index contributed by atoms with van der Waals surface area (Å²) in [5, 5.41) is 25.8. The Morgan fingerprint density at radius 1 is 1.33 bits per heavy atom. The van der Waals surface area contributed by atoms with Crippen molar-refractivity contribution >= 4 is 5.97 Å². The van der Waals surface area contributed by atoms with Gasteiger partial charge in [-0.05, 0) is 24.1 Å². The molecule has 1 N–H and O–H groups in total. The fraction of sp³-hybridized carbons (Fsp3) is 0.182. The number of benzene rings is 1. The van der Waals surface area contributed by atoms with Crippen molar-refractivity contribution in [1.82, 2.24) is 0 Å². The van der Waals surface area contributed by atoms with Crippen LogP contribution in [0.4, 0.5) is 0 Å². The van der Waals surface area contributed by atoms with E-state index in [2.05, 4.69) is 0 Å². The van der Waals surface area contributed by atoms with Gasteiger partial charge >= 0.3 is 5.97 Å². The van der Waals surface area contributed by atoms with Gasteiger partial charge in [0.2, 0.25) is 0 Å². The van der Waals surface area contributed by atoms with Gasteiger partial charge in [0.15, 0.2) is 0 Å². The summed E-state index contributed by atoms with van der Waals surface area (Å²) in [5.74, 6) is -2.15. The number of rotatable bonds is 3. The first-order chi connectivity index (χ1) is 7.17. The number of carbonyl (C=O) groups is 1. The maximum Gasteiger partial charge on any atom is 0.321 e. The highest BCUT2D eigenvalue weighted by molar-refractivity contribution is 5.73. The van der Waals surface area contributed by atoms with Crippen molar-refractivity contribution in [1.29, 1.82) is 10.5 Å². The molecule has 0 heterocycles. The van der Waals surface area contributed by atoms with Crippen molar-refractivity contribution in [2.75, 3.05) is 0 Å². The topological polar surface area (TPSA) is 84.9 Å². The lowest BCUT2D eigenvalue weighted by Crippen LogP contribution is -2.14. The number of carboxylic acid groups (broad SMARTS) is 1. The molecular formula is C11H8N2O2. The molecule has 0 spiro atoms. The van der Waals surface area contributed by atoms with Gasteiger partial charge in [-0.3, -0.25) is 4.79 Å². The molecule has 0 saturated heterocycles. The molecule has 0 radical (unpaired) electrons. The SMILES string of the molecule is N#Cc1ccc(C[C@H](C#N)C(=O)O)cc1. The first kappa shape index (κ1) is 10.7. The van der Waals surface area contributed by atoms with Gasteiger partial charge in [-0.25, -0.2) is 0 Å². The van der Waals surface area contributed by atoms with Crippen LogP contribution in [0.5, 0.6) is 0 Å². The molecule has 0 bridgehead atoms. The van der Waals surface area contributed by atoms with Gasteiger partial charge in [-0.2, -0.15) is 10.5 Å². The summed E-state index contributed by atoms with van der Waals surface area (Å²) < 4.78 is 0. The Morgan fingerprint density at radius 2 is 1.93 bits per heavy atom. The Morgan fingerprint density at radius 3 is 2.33 bits per heavy atom. The average Bonchev–Trinajstić information content (AvgIpc) is 2.26. The molecule has 1 rings (SSSR count). The summed E-state index contributed by atoms with van der Waals surface area (Å²) in [6, 6.07) is 10.2. The summed E-state index contributed by atoms with van der Waals surface area (Å²) in [4.78, 5) is 10.6. The second kappa shape index (κ2) is 4.78. The minimum atomic E-state index is -1.12. The molecule has 0 unspecified atom stereocenters. The van der Waals surface area contributed by atoms with Crippen LogP contribution in [0.3, 0.4) is 0 Å². The van der Waals surface area contributed by atoms with Crippen LogP contribution in [0.1, 0.15) is 11.1 Å². The molecule has 4 heteroatoms. The molecule has 1 atom stereocenters. The highest BCUT2D eigenvalue weighted by atomic mass is 16.4. The number of nitrogens with zero attached hydrogens (tertiary/aromatic N) is 2. The highest BCUT2D eigenvalue weighted by Crippen LogP contribution is 2.09. The largest absolute Gasteiger partial charge is 0.480 e. The van der Waals surface area contributed by atoms with Crippen molar-refractivity contribution in [3.8, 4) is 12.1 Å². The molecule has 0 fully saturated rings. The molecule has 1 aromatic rings. The van der Waals surface area contributed by atoms with E-state index in [9.17, 15) is 4.79 Å². The predicted molar refractivity (Wildman–Crippen MR) is 51.6 cm³/mol. The van der Waals surface area contributed by atoms with Gasteiger partial charge in [-0.1, -0.05) is 12.1 Å². The van der Waals surface area contributed by atoms with Crippen molar-refractivity contribution < 1.29 is 9.90 Å². The van der Waals surface area contributed by atoms with Crippen LogP contribution in [0, 0.1) is 28.6 Å². The van der Waals surface area contributed by atoms with Crippen LogP contribution in [0.2, 0.25) is 0 Å². The van der Waals surface area contributed by atoms with Gasteiger partial charge in [-0.15, -0.1) is 0 Å². The van der Waals surface area contributed by atoms with E-state index < -0.39 is 11.9 Å². The summed E-state index contributed by atoms with van der Waals surface area (Å²) in [6.45, 7) is 0. The maximum absolute atomic E-state index is 10.6. The van der Waals surface area contributed by atoms with Crippen LogP contribution in [0.15, 0.2) is 24.3 Å². The lowest BCUT2D eigenvalue weighted by Gasteiger charge is -2.03. The molecule has 0 aliphatic carbocycles. The van der Waals surface area contributed by atoms with E-state index in [4.69, 9.17) is 15.6 Å². The smallest absolute Gasteiger partial charge is 0.321 e. The molecule has 0 amide bonds. The second-order valence-electron chi connectivity index (χ2n) is 3.03. The zero-order valence-corrected chi connectivity index (χ0v) is 7.84. The minimum Gasteiger partial charge on any atom is -0.480 e. The van der Waals surface area contributed by atoms with E-state index in [1.54, 1.807) is 30.3 Å². The van der Waals surface area contributed by atoms with Gasteiger partial charge in [0.25, 0.3) is 0 Å². The van der Waals surface area contributed by atoms with Crippen LogP contribution < -0.4 is 0 Å². The summed E-state index contributed by atoms with van der Waals surface area (Å²) in [7, 11) is 0. The third-order valence-electron chi connectivity index (χ3n) is 1.98. The van der Waals surface area contributed by atoms with Gasteiger partial charge in [0, 0.05) is 0 Å². The Kier molecular flexibility index (Phi) is 3.43. The molecule has 1 aromatic carbocycles. The zero-order chi connectivity index (χ0) is 11.3. The van der Waals surface area contributed by atoms with Crippen molar-refractivity contribution in [3.63, 3.8) is 0 Å². The summed E-state index contributed by atoms with van der Waals surface area (Å²) in [5.41, 5.74) is 1.26. The van der Waals surface area contributed by atoms with Crippen LogP contribution >= 0.6 is 0 Å². The molecule has 74 valence electrons. The van der Waals surface area contributed by atoms with Crippen LogP contribution in [-0.2, 0) is 11.2 Å². The summed E-state index contributed by atoms with van der Waals surface area (Å²) >= 11 is 0. The Balaban J connectivity index is 2.78. The number of nitriles is 2. The molecule has 0 aromatic heterocycles. The van der Waals surface area contributed by atoms with Gasteiger partial charge in [0.1, 0.15) is 5.92 Å². The number of hydrogen-bond donors (Lipinski definition) is 1. The van der Waals surface area contributed by atoms with Crippen molar-refractivity contribution in [3.05, 3.63) is 35.4 Å². The standard InChI is InChI=1S/C11H8N2O2/c12-6-9-3-1-8(2-4-9)5-10(7-13)11(14)15/h1-4,10H,5H2,(H,14,15)/t10-/m1/s1. The third-order valence-corrected chi connectivity index (χ3v) is 1.98. The van der Waals surface area contributed by atoms with Crippen LogP contribution in [-0.4, -0.2) is 11.1 Å². The first-order valence-electron chi connectivity index (χ1n) is 4.29. The predicted octanol–water partition coefficient (Wildman–Crippen LogP) is 1.33. The van der Waals surface area contributed by atoms with Crippen molar-refractivity contribution in [2.24, 2.45) is 5.92 Å². The minimum absolute atomic E-state index is 0.164. The lowest BCUT2D eigenvalue weighted by atomic mass is 10.00. The number of carboxylic acids is 1. The van der Waals surface area contributed by atoms with E-state index in [1.165, 1.54) is 0 Å². The van der Waals surface area contributed by atoms with Gasteiger partial charge in [0.05, 0.1) is 17.7 Å². The van der Waals surface area contributed by atoms with E-state index in [1.807, 2.05) is 6.07 Å². The Hall–Kier alpha value is -2.33. The fourth-order valence-corrected chi connectivity index (χ4v) is 1.14. The molecular weight excluding hydrogens is 192 g/mol. The highest BCUT2D eigenvalue weighted by Gasteiger charge is 2.16. The fourth-order valence-electron chi connectivity index (χ4n) is 1.14. The first-order valence-corrected chi connectivity index (χ1v) is 4.29. The van der Waals surface area contributed by atoms with E-state index in [-0.39, 0.29) is 6.42 Å². The molecule has 4 nitrogen and oxygen atoms in total. The third kappa shape index (κ3) is 2.82. The monoisotopic (exact) mass is 200 g/mol. The van der Waals surface area contributed by atoms with Gasteiger partial charge < -0.3 is 5.11 Å². The Labute approximate surface area is 87.0 Å². The normalized spacial score (nSPS) is 11.1. The van der Waals surface area contributed by atoms with Crippen LogP contribution in [0.25, 0.3) is 0 Å². The number of hydrogen-bond acceptors (Lipinski definition) is 3. The molecule has 0 saturated carbocycles. The molecule has 15 heavy (non-hydrogen) atoms. The lowest BCUT2D eigenvalue weighted by molar-refractivity contribution is -0.139. The van der Waals surface area contributed by atoms with E-state index >= 15 is 0 Å². The summed E-state index contributed by atoms with van der Waals surface area (Å²) in [6.07, 6.45) is 0.164.